The largest absolute Gasteiger partial charge is 0.0888 e. The molecule has 0 amide bonds. The van der Waals surface area contributed by atoms with E-state index in [1.54, 1.807) is 0 Å². The molecule has 8 aromatic carbocycles. The summed E-state index contributed by atoms with van der Waals surface area (Å²) in [7, 11) is 0. The summed E-state index contributed by atoms with van der Waals surface area (Å²) in [5.74, 6) is 0. The van der Waals surface area contributed by atoms with Crippen molar-refractivity contribution >= 4 is 22.5 Å². The Balaban J connectivity index is 1.09. The highest BCUT2D eigenvalue weighted by Gasteiger charge is 2.51. The SMILES string of the molecule is c1ccc2c(c1)Sc1ccc(-c3ccc(-c4cccc5c4-c4ccccc4C54c5ccccc5-c5ccccc54)cc3)c3cccc-2c13. The maximum absolute atomic E-state index is 2.37. The van der Waals surface area contributed by atoms with Crippen LogP contribution in [-0.4, -0.2) is 0 Å². The van der Waals surface area contributed by atoms with Crippen LogP contribution in [0, 0.1) is 0 Å². The van der Waals surface area contributed by atoms with E-state index in [2.05, 4.69) is 170 Å². The molecular formula is C47H28S. The zero-order valence-corrected chi connectivity index (χ0v) is 26.9. The molecule has 1 aliphatic heterocycles. The summed E-state index contributed by atoms with van der Waals surface area (Å²) in [6.45, 7) is 0. The van der Waals surface area contributed by atoms with E-state index in [1.807, 2.05) is 11.8 Å². The van der Waals surface area contributed by atoms with E-state index < -0.39 is 0 Å². The van der Waals surface area contributed by atoms with E-state index in [0.717, 1.165) is 0 Å². The summed E-state index contributed by atoms with van der Waals surface area (Å²) in [6, 6.07) is 63.6. The summed E-state index contributed by atoms with van der Waals surface area (Å²) in [5, 5.41) is 2.68. The van der Waals surface area contributed by atoms with Crippen LogP contribution in [-0.2, 0) is 5.41 Å². The first kappa shape index (κ1) is 26.4. The molecule has 0 N–H and O–H groups in total. The molecule has 3 aliphatic rings. The number of hydrogen-bond donors (Lipinski definition) is 0. The highest BCUT2D eigenvalue weighted by atomic mass is 32.2. The molecule has 0 saturated carbocycles. The molecule has 0 aromatic heterocycles. The fourth-order valence-corrected chi connectivity index (χ4v) is 10.2. The molecule has 0 atom stereocenters. The zero-order chi connectivity index (χ0) is 31.4. The number of hydrogen-bond acceptors (Lipinski definition) is 1. The Bertz CT molecular complexity index is 2600. The minimum atomic E-state index is -0.324. The summed E-state index contributed by atoms with van der Waals surface area (Å²) in [5.41, 5.74) is 18.3. The minimum absolute atomic E-state index is 0.324. The van der Waals surface area contributed by atoms with Gasteiger partial charge in [-0.1, -0.05) is 169 Å². The number of benzene rings is 8. The first-order valence-corrected chi connectivity index (χ1v) is 17.5. The van der Waals surface area contributed by atoms with Gasteiger partial charge in [-0.05, 0) is 95.4 Å². The molecule has 222 valence electrons. The molecule has 0 nitrogen and oxygen atoms in total. The van der Waals surface area contributed by atoms with E-state index in [4.69, 9.17) is 0 Å². The monoisotopic (exact) mass is 624 g/mol. The molecule has 1 heterocycles. The molecule has 0 radical (unpaired) electrons. The van der Waals surface area contributed by atoms with E-state index in [-0.39, 0.29) is 5.41 Å². The predicted octanol–water partition coefficient (Wildman–Crippen LogP) is 12.6. The van der Waals surface area contributed by atoms with Crippen molar-refractivity contribution < 1.29 is 0 Å². The van der Waals surface area contributed by atoms with E-state index in [9.17, 15) is 0 Å². The Labute approximate surface area is 284 Å². The highest BCUT2D eigenvalue weighted by Crippen LogP contribution is 2.64. The van der Waals surface area contributed by atoms with Gasteiger partial charge in [-0.25, -0.2) is 0 Å². The molecule has 1 spiro atoms. The van der Waals surface area contributed by atoms with Crippen molar-refractivity contribution in [2.75, 3.05) is 0 Å². The molecule has 2 aliphatic carbocycles. The molecule has 0 unspecified atom stereocenters. The maximum atomic E-state index is 2.37. The second-order valence-electron chi connectivity index (χ2n) is 13.1. The smallest absolute Gasteiger partial charge is 0.0725 e. The lowest BCUT2D eigenvalue weighted by Crippen LogP contribution is -2.25. The summed E-state index contributed by atoms with van der Waals surface area (Å²) >= 11 is 1.88. The third kappa shape index (κ3) is 3.32. The van der Waals surface area contributed by atoms with Gasteiger partial charge in [0.25, 0.3) is 0 Å². The summed E-state index contributed by atoms with van der Waals surface area (Å²) in [4.78, 5) is 2.67. The van der Waals surface area contributed by atoms with E-state index in [0.29, 0.717) is 0 Å². The Hall–Kier alpha value is -5.63. The fraction of sp³-hybridized carbons (Fsp3) is 0.0213. The average Bonchev–Trinajstić information content (AvgIpc) is 3.63. The van der Waals surface area contributed by atoms with Gasteiger partial charge in [0.1, 0.15) is 0 Å². The molecular weight excluding hydrogens is 597 g/mol. The van der Waals surface area contributed by atoms with Crippen molar-refractivity contribution in [1.29, 1.82) is 0 Å². The molecule has 0 bridgehead atoms. The number of rotatable bonds is 2. The minimum Gasteiger partial charge on any atom is -0.0888 e. The Morgan fingerprint density at radius 1 is 0.312 bits per heavy atom. The van der Waals surface area contributed by atoms with Gasteiger partial charge >= 0.3 is 0 Å². The average molecular weight is 625 g/mol. The van der Waals surface area contributed by atoms with Crippen LogP contribution in [0.1, 0.15) is 22.3 Å². The number of fused-ring (bicyclic) bond motifs is 12. The lowest BCUT2D eigenvalue weighted by Gasteiger charge is -2.30. The van der Waals surface area contributed by atoms with Crippen LogP contribution >= 0.6 is 11.8 Å². The predicted molar refractivity (Wildman–Crippen MR) is 201 cm³/mol. The highest BCUT2D eigenvalue weighted by molar-refractivity contribution is 7.99. The molecule has 0 fully saturated rings. The van der Waals surface area contributed by atoms with Gasteiger partial charge in [-0.15, -0.1) is 0 Å². The van der Waals surface area contributed by atoms with Gasteiger partial charge in [0.2, 0.25) is 0 Å². The van der Waals surface area contributed by atoms with Crippen LogP contribution < -0.4 is 0 Å². The van der Waals surface area contributed by atoms with Crippen LogP contribution in [0.2, 0.25) is 0 Å². The topological polar surface area (TPSA) is 0 Å². The van der Waals surface area contributed by atoms with Crippen molar-refractivity contribution in [3.8, 4) is 55.6 Å². The van der Waals surface area contributed by atoms with Crippen LogP contribution in [0.3, 0.4) is 0 Å². The molecule has 11 rings (SSSR count). The molecule has 8 aromatic rings. The first-order chi connectivity index (χ1) is 23.8. The second kappa shape index (κ2) is 9.70. The third-order valence-electron chi connectivity index (χ3n) is 10.9. The maximum Gasteiger partial charge on any atom is 0.0725 e. The Morgan fingerprint density at radius 2 is 0.833 bits per heavy atom. The van der Waals surface area contributed by atoms with Gasteiger partial charge in [-0.2, -0.15) is 0 Å². The van der Waals surface area contributed by atoms with Crippen molar-refractivity contribution in [3.63, 3.8) is 0 Å². The Kier molecular flexibility index (Phi) is 5.34. The molecule has 1 heteroatoms. The second-order valence-corrected chi connectivity index (χ2v) is 14.2. The molecule has 48 heavy (non-hydrogen) atoms. The van der Waals surface area contributed by atoms with Crippen LogP contribution in [0.5, 0.6) is 0 Å². The van der Waals surface area contributed by atoms with E-state index >= 15 is 0 Å². The van der Waals surface area contributed by atoms with Gasteiger partial charge in [0, 0.05) is 15.2 Å². The van der Waals surface area contributed by atoms with Crippen molar-refractivity contribution in [2.24, 2.45) is 0 Å². The summed E-state index contributed by atoms with van der Waals surface area (Å²) in [6.07, 6.45) is 0. The van der Waals surface area contributed by atoms with Crippen molar-refractivity contribution in [1.82, 2.24) is 0 Å². The van der Waals surface area contributed by atoms with Gasteiger partial charge in [0.05, 0.1) is 5.41 Å². The molecule has 0 saturated heterocycles. The van der Waals surface area contributed by atoms with Crippen molar-refractivity contribution in [3.05, 3.63) is 192 Å². The van der Waals surface area contributed by atoms with Gasteiger partial charge < -0.3 is 0 Å². The fourth-order valence-electron chi connectivity index (χ4n) is 9.05. The normalized spacial score (nSPS) is 13.9. The zero-order valence-electron chi connectivity index (χ0n) is 26.1. The van der Waals surface area contributed by atoms with Crippen LogP contribution in [0.25, 0.3) is 66.4 Å². The lowest BCUT2D eigenvalue weighted by molar-refractivity contribution is 0.794. The lowest BCUT2D eigenvalue weighted by atomic mass is 9.70. The van der Waals surface area contributed by atoms with Crippen molar-refractivity contribution in [2.45, 2.75) is 15.2 Å². The first-order valence-electron chi connectivity index (χ1n) is 16.7. The quantitative estimate of drug-likeness (QED) is 0.184. The standard InChI is InChI=1S/C47H28S/c1-5-18-39-33(11-1)34-12-2-6-19-40(34)47(39)41-20-7-3-14-38(41)45-32(15-10-21-42(45)47)30-25-23-29(24-26-30)31-27-28-44-46-36(31)16-9-17-37(46)35-13-4-8-22-43(35)48-44/h1-28H. The van der Waals surface area contributed by atoms with Crippen LogP contribution in [0.4, 0.5) is 0 Å². The van der Waals surface area contributed by atoms with Gasteiger partial charge in [0.15, 0.2) is 0 Å². The van der Waals surface area contributed by atoms with Gasteiger partial charge in [-0.3, -0.25) is 0 Å². The Morgan fingerprint density at radius 3 is 1.56 bits per heavy atom. The van der Waals surface area contributed by atoms with Crippen LogP contribution in [0.15, 0.2) is 180 Å². The summed E-state index contributed by atoms with van der Waals surface area (Å²) < 4.78 is 0. The third-order valence-corrected chi connectivity index (χ3v) is 12.1. The van der Waals surface area contributed by atoms with E-state index in [1.165, 1.54) is 98.5 Å².